The summed E-state index contributed by atoms with van der Waals surface area (Å²) in [5.41, 5.74) is 0. The van der Waals surface area contributed by atoms with Gasteiger partial charge in [-0.3, -0.25) is 9.69 Å². The van der Waals surface area contributed by atoms with E-state index in [9.17, 15) is 4.79 Å². The molecule has 0 spiro atoms. The second-order valence-electron chi connectivity index (χ2n) is 6.86. The van der Waals surface area contributed by atoms with Crippen molar-refractivity contribution in [3.8, 4) is 0 Å². The number of piperidine rings is 1. The molecule has 1 amide bonds. The van der Waals surface area contributed by atoms with Crippen molar-refractivity contribution in [2.24, 2.45) is 11.8 Å². The van der Waals surface area contributed by atoms with E-state index in [-0.39, 0.29) is 24.8 Å². The van der Waals surface area contributed by atoms with Gasteiger partial charge in [0.25, 0.3) is 0 Å². The fraction of sp³-hybridized carbons (Fsp3) is 0.938. The number of rotatable bonds is 5. The summed E-state index contributed by atoms with van der Waals surface area (Å²) >= 11 is 0. The van der Waals surface area contributed by atoms with Gasteiger partial charge in [0.05, 0.1) is 0 Å². The number of halogens is 2. The van der Waals surface area contributed by atoms with E-state index < -0.39 is 0 Å². The average molecular weight is 352 g/mol. The van der Waals surface area contributed by atoms with Gasteiger partial charge in [0, 0.05) is 39.1 Å². The number of amides is 1. The number of piperazine rings is 1. The molecule has 0 aromatic rings. The maximum absolute atomic E-state index is 12.3. The lowest BCUT2D eigenvalue weighted by atomic mass is 9.93. The Balaban J connectivity index is 0.00000121. The largest absolute Gasteiger partial charge is 0.340 e. The molecule has 1 N–H and O–H groups in total. The standard InChI is InChI=1S/C16H29N3O.2ClH/c20-16(4-3-14-5-7-17-8-6-14)19-11-9-18(10-12-19)13-15-1-2-15;;/h14-15,17H,1-13H2;2*1H. The van der Waals surface area contributed by atoms with E-state index in [2.05, 4.69) is 15.1 Å². The summed E-state index contributed by atoms with van der Waals surface area (Å²) in [6.45, 7) is 7.65. The second kappa shape index (κ2) is 9.96. The Morgan fingerprint density at radius 3 is 2.14 bits per heavy atom. The zero-order valence-corrected chi connectivity index (χ0v) is 15.1. The van der Waals surface area contributed by atoms with E-state index in [4.69, 9.17) is 0 Å². The highest BCUT2D eigenvalue weighted by molar-refractivity contribution is 5.85. The van der Waals surface area contributed by atoms with E-state index in [0.29, 0.717) is 5.91 Å². The summed E-state index contributed by atoms with van der Waals surface area (Å²) in [5, 5.41) is 3.39. The van der Waals surface area contributed by atoms with Crippen LogP contribution in [0.2, 0.25) is 0 Å². The van der Waals surface area contributed by atoms with Crippen LogP contribution in [-0.4, -0.2) is 61.5 Å². The molecule has 0 atom stereocenters. The van der Waals surface area contributed by atoms with Gasteiger partial charge >= 0.3 is 0 Å². The molecule has 2 heterocycles. The van der Waals surface area contributed by atoms with Gasteiger partial charge in [-0.25, -0.2) is 0 Å². The molecular weight excluding hydrogens is 321 g/mol. The smallest absolute Gasteiger partial charge is 0.222 e. The van der Waals surface area contributed by atoms with Crippen LogP contribution in [0.5, 0.6) is 0 Å². The highest BCUT2D eigenvalue weighted by atomic mass is 35.5. The number of hydrogen-bond donors (Lipinski definition) is 1. The molecule has 0 radical (unpaired) electrons. The quantitative estimate of drug-likeness (QED) is 0.824. The fourth-order valence-electron chi connectivity index (χ4n) is 3.50. The average Bonchev–Trinajstić information content (AvgIpc) is 3.31. The first-order chi connectivity index (χ1) is 9.81. The molecule has 0 unspecified atom stereocenters. The van der Waals surface area contributed by atoms with Crippen LogP contribution >= 0.6 is 24.8 Å². The SMILES string of the molecule is Cl.Cl.O=C(CCC1CCNCC1)N1CCN(CC2CC2)CC1. The summed E-state index contributed by atoms with van der Waals surface area (Å²) in [5.74, 6) is 2.14. The maximum atomic E-state index is 12.3. The third-order valence-electron chi connectivity index (χ3n) is 5.16. The number of nitrogens with zero attached hydrogens (tertiary/aromatic N) is 2. The molecule has 3 rings (SSSR count). The van der Waals surface area contributed by atoms with Gasteiger partial charge in [0.15, 0.2) is 0 Å². The Morgan fingerprint density at radius 1 is 0.909 bits per heavy atom. The van der Waals surface area contributed by atoms with Gasteiger partial charge in [0.2, 0.25) is 5.91 Å². The minimum Gasteiger partial charge on any atom is -0.340 e. The molecule has 22 heavy (non-hydrogen) atoms. The molecule has 6 heteroatoms. The van der Waals surface area contributed by atoms with Gasteiger partial charge in [0.1, 0.15) is 0 Å². The van der Waals surface area contributed by atoms with Crippen molar-refractivity contribution in [1.82, 2.24) is 15.1 Å². The van der Waals surface area contributed by atoms with Crippen LogP contribution in [0, 0.1) is 11.8 Å². The Hall–Kier alpha value is -0.0300. The van der Waals surface area contributed by atoms with Crippen LogP contribution in [0.15, 0.2) is 0 Å². The van der Waals surface area contributed by atoms with Crippen LogP contribution in [0.3, 0.4) is 0 Å². The molecule has 1 saturated carbocycles. The molecule has 4 nitrogen and oxygen atoms in total. The van der Waals surface area contributed by atoms with E-state index in [1.807, 2.05) is 0 Å². The minimum atomic E-state index is 0. The monoisotopic (exact) mass is 351 g/mol. The number of carbonyl (C=O) groups is 1. The Kier molecular flexibility index (Phi) is 9.07. The molecular formula is C16H31Cl2N3O. The molecule has 0 bridgehead atoms. The lowest BCUT2D eigenvalue weighted by Gasteiger charge is -2.35. The first-order valence-corrected chi connectivity index (χ1v) is 8.52. The van der Waals surface area contributed by atoms with E-state index in [0.717, 1.165) is 63.9 Å². The van der Waals surface area contributed by atoms with Gasteiger partial charge in [-0.05, 0) is 57.0 Å². The highest BCUT2D eigenvalue weighted by Crippen LogP contribution is 2.30. The summed E-state index contributed by atoms with van der Waals surface area (Å²) in [6.07, 6.45) is 7.23. The topological polar surface area (TPSA) is 35.6 Å². The summed E-state index contributed by atoms with van der Waals surface area (Å²) in [6, 6.07) is 0. The number of carbonyl (C=O) groups excluding carboxylic acids is 1. The molecule has 1 aliphatic carbocycles. The van der Waals surface area contributed by atoms with Crippen LogP contribution in [-0.2, 0) is 4.79 Å². The van der Waals surface area contributed by atoms with Gasteiger partial charge in [-0.15, -0.1) is 24.8 Å². The number of nitrogens with one attached hydrogen (secondary N) is 1. The molecule has 3 fully saturated rings. The summed E-state index contributed by atoms with van der Waals surface area (Å²) in [4.78, 5) is 16.9. The lowest BCUT2D eigenvalue weighted by molar-refractivity contribution is -0.133. The fourth-order valence-corrected chi connectivity index (χ4v) is 3.50. The van der Waals surface area contributed by atoms with E-state index >= 15 is 0 Å². The van der Waals surface area contributed by atoms with Crippen molar-refractivity contribution in [2.45, 2.75) is 38.5 Å². The van der Waals surface area contributed by atoms with Crippen molar-refractivity contribution >= 4 is 30.7 Å². The van der Waals surface area contributed by atoms with E-state index in [1.54, 1.807) is 0 Å². The normalized spacial score (nSPS) is 23.5. The molecule has 2 aliphatic heterocycles. The third kappa shape index (κ3) is 6.23. The highest BCUT2D eigenvalue weighted by Gasteiger charge is 2.27. The van der Waals surface area contributed by atoms with E-state index in [1.165, 1.54) is 32.2 Å². The van der Waals surface area contributed by atoms with Crippen LogP contribution in [0.25, 0.3) is 0 Å². The third-order valence-corrected chi connectivity index (χ3v) is 5.16. The molecule has 0 aromatic heterocycles. The lowest BCUT2D eigenvalue weighted by Crippen LogP contribution is -2.49. The predicted molar refractivity (Wildman–Crippen MR) is 95.1 cm³/mol. The van der Waals surface area contributed by atoms with Crippen molar-refractivity contribution in [2.75, 3.05) is 45.8 Å². The van der Waals surface area contributed by atoms with Crippen molar-refractivity contribution in [3.63, 3.8) is 0 Å². The van der Waals surface area contributed by atoms with Crippen LogP contribution < -0.4 is 5.32 Å². The first kappa shape index (κ1) is 20.0. The number of hydrogen-bond acceptors (Lipinski definition) is 3. The summed E-state index contributed by atoms with van der Waals surface area (Å²) in [7, 11) is 0. The van der Waals surface area contributed by atoms with Gasteiger partial charge in [-0.2, -0.15) is 0 Å². The summed E-state index contributed by atoms with van der Waals surface area (Å²) < 4.78 is 0. The Morgan fingerprint density at radius 2 is 1.55 bits per heavy atom. The van der Waals surface area contributed by atoms with Crippen molar-refractivity contribution in [1.29, 1.82) is 0 Å². The Bertz CT molecular complexity index is 325. The second-order valence-corrected chi connectivity index (χ2v) is 6.86. The predicted octanol–water partition coefficient (Wildman–Crippen LogP) is 2.16. The Labute approximate surface area is 147 Å². The zero-order valence-electron chi connectivity index (χ0n) is 13.5. The molecule has 0 aromatic carbocycles. The van der Waals surface area contributed by atoms with Gasteiger partial charge in [-0.1, -0.05) is 0 Å². The first-order valence-electron chi connectivity index (χ1n) is 8.52. The zero-order chi connectivity index (χ0) is 13.8. The van der Waals surface area contributed by atoms with Crippen LogP contribution in [0.1, 0.15) is 38.5 Å². The van der Waals surface area contributed by atoms with Crippen molar-refractivity contribution in [3.05, 3.63) is 0 Å². The van der Waals surface area contributed by atoms with Crippen LogP contribution in [0.4, 0.5) is 0 Å². The maximum Gasteiger partial charge on any atom is 0.222 e. The van der Waals surface area contributed by atoms with Gasteiger partial charge < -0.3 is 10.2 Å². The molecule has 3 aliphatic rings. The van der Waals surface area contributed by atoms with Crippen molar-refractivity contribution < 1.29 is 4.79 Å². The molecule has 2 saturated heterocycles. The molecule has 130 valence electrons. The minimum absolute atomic E-state index is 0.